The molecule has 0 saturated heterocycles. The van der Waals surface area contributed by atoms with Crippen molar-refractivity contribution in [3.63, 3.8) is 0 Å². The summed E-state index contributed by atoms with van der Waals surface area (Å²) in [6.45, 7) is 2.19. The predicted octanol–water partition coefficient (Wildman–Crippen LogP) is 0.984. The van der Waals surface area contributed by atoms with Crippen LogP contribution >= 0.6 is 0 Å². The topological polar surface area (TPSA) is 88.3 Å². The molecule has 21 heavy (non-hydrogen) atoms. The van der Waals surface area contributed by atoms with E-state index in [0.29, 0.717) is 18.2 Å². The second-order valence-corrected chi connectivity index (χ2v) is 6.77. The van der Waals surface area contributed by atoms with Gasteiger partial charge in [-0.2, -0.15) is 12.7 Å². The van der Waals surface area contributed by atoms with E-state index in [9.17, 15) is 8.42 Å². The van der Waals surface area contributed by atoms with Gasteiger partial charge in [-0.05, 0) is 19.1 Å². The van der Waals surface area contributed by atoms with E-state index in [0.717, 1.165) is 15.4 Å². The zero-order chi connectivity index (χ0) is 15.5. The maximum Gasteiger partial charge on any atom is 0.278 e. The molecule has 2 aromatic rings. The molecule has 0 radical (unpaired) electrons. The van der Waals surface area contributed by atoms with E-state index in [1.165, 1.54) is 14.1 Å². The fourth-order valence-electron chi connectivity index (χ4n) is 1.67. The van der Waals surface area contributed by atoms with E-state index in [1.807, 2.05) is 31.2 Å². The van der Waals surface area contributed by atoms with Gasteiger partial charge < -0.3 is 4.42 Å². The highest BCUT2D eigenvalue weighted by Crippen LogP contribution is 2.18. The van der Waals surface area contributed by atoms with Crippen LogP contribution in [0.15, 0.2) is 28.7 Å². The SMILES string of the molecule is Cc1cccc(-c2nnc(CCNS(=O)(=O)N(C)C)o2)c1. The molecular weight excluding hydrogens is 292 g/mol. The molecule has 0 atom stereocenters. The van der Waals surface area contributed by atoms with Crippen molar-refractivity contribution in [2.45, 2.75) is 13.3 Å². The molecule has 0 aliphatic heterocycles. The average molecular weight is 310 g/mol. The monoisotopic (exact) mass is 310 g/mol. The number of nitrogens with one attached hydrogen (secondary N) is 1. The average Bonchev–Trinajstić information content (AvgIpc) is 2.87. The summed E-state index contributed by atoms with van der Waals surface area (Å²) in [6.07, 6.45) is 0.339. The van der Waals surface area contributed by atoms with Crippen LogP contribution in [-0.2, 0) is 16.6 Å². The first-order valence-electron chi connectivity index (χ1n) is 6.45. The van der Waals surface area contributed by atoms with Crippen molar-refractivity contribution in [1.29, 1.82) is 0 Å². The first-order chi connectivity index (χ1) is 9.88. The third-order valence-electron chi connectivity index (χ3n) is 2.84. The second-order valence-electron chi connectivity index (χ2n) is 4.80. The van der Waals surface area contributed by atoms with E-state index in [-0.39, 0.29) is 6.54 Å². The van der Waals surface area contributed by atoms with E-state index < -0.39 is 10.2 Å². The van der Waals surface area contributed by atoms with Gasteiger partial charge in [-0.25, -0.2) is 4.72 Å². The lowest BCUT2D eigenvalue weighted by Crippen LogP contribution is -2.36. The lowest BCUT2D eigenvalue weighted by Gasteiger charge is -2.11. The predicted molar refractivity (Wildman–Crippen MR) is 78.8 cm³/mol. The summed E-state index contributed by atoms with van der Waals surface area (Å²) in [6, 6.07) is 7.74. The van der Waals surface area contributed by atoms with E-state index in [4.69, 9.17) is 4.42 Å². The van der Waals surface area contributed by atoms with Gasteiger partial charge in [0.15, 0.2) is 0 Å². The van der Waals surface area contributed by atoms with Gasteiger partial charge in [0.25, 0.3) is 10.2 Å². The third kappa shape index (κ3) is 4.10. The van der Waals surface area contributed by atoms with Crippen molar-refractivity contribution in [2.24, 2.45) is 0 Å². The molecule has 7 nitrogen and oxygen atoms in total. The Morgan fingerprint density at radius 2 is 2.05 bits per heavy atom. The van der Waals surface area contributed by atoms with Crippen molar-refractivity contribution in [3.8, 4) is 11.5 Å². The van der Waals surface area contributed by atoms with Crippen molar-refractivity contribution in [2.75, 3.05) is 20.6 Å². The number of aromatic nitrogens is 2. The quantitative estimate of drug-likeness (QED) is 0.859. The molecule has 2 rings (SSSR count). The standard InChI is InChI=1S/C13H18N4O3S/c1-10-5-4-6-11(9-10)13-16-15-12(20-13)7-8-14-21(18,19)17(2)3/h4-6,9,14H,7-8H2,1-3H3. The maximum atomic E-state index is 11.5. The number of benzene rings is 1. The summed E-state index contributed by atoms with van der Waals surface area (Å²) in [4.78, 5) is 0. The second kappa shape index (κ2) is 6.33. The summed E-state index contributed by atoms with van der Waals surface area (Å²) in [5.74, 6) is 0.831. The molecule has 1 N–H and O–H groups in total. The van der Waals surface area contributed by atoms with Crippen LogP contribution in [0.25, 0.3) is 11.5 Å². The van der Waals surface area contributed by atoms with Gasteiger partial charge in [-0.1, -0.05) is 17.7 Å². The number of nitrogens with zero attached hydrogens (tertiary/aromatic N) is 3. The molecule has 0 amide bonds. The Morgan fingerprint density at radius 3 is 2.71 bits per heavy atom. The summed E-state index contributed by atoms with van der Waals surface area (Å²) in [5, 5.41) is 7.90. The molecule has 0 aliphatic carbocycles. The molecule has 1 aromatic heterocycles. The molecule has 0 spiro atoms. The molecule has 114 valence electrons. The minimum absolute atomic E-state index is 0.204. The summed E-state index contributed by atoms with van der Waals surface area (Å²) in [5.41, 5.74) is 1.95. The highest BCUT2D eigenvalue weighted by Gasteiger charge is 2.13. The molecule has 8 heteroatoms. The number of aryl methyl sites for hydroxylation is 1. The van der Waals surface area contributed by atoms with Gasteiger partial charge in [0, 0.05) is 32.6 Å². The van der Waals surface area contributed by atoms with E-state index in [1.54, 1.807) is 0 Å². The molecule has 1 heterocycles. The fourth-order valence-corrected chi connectivity index (χ4v) is 2.28. The Labute approximate surface area is 124 Å². The highest BCUT2D eigenvalue weighted by atomic mass is 32.2. The van der Waals surface area contributed by atoms with Crippen LogP contribution < -0.4 is 4.72 Å². The Bertz CT molecular complexity index is 710. The zero-order valence-electron chi connectivity index (χ0n) is 12.2. The summed E-state index contributed by atoms with van der Waals surface area (Å²) in [7, 11) is -0.500. The first kappa shape index (κ1) is 15.6. The molecule has 0 saturated carbocycles. The van der Waals surface area contributed by atoms with Crippen LogP contribution in [0.3, 0.4) is 0 Å². The normalized spacial score (nSPS) is 12.0. The fraction of sp³-hybridized carbons (Fsp3) is 0.385. The van der Waals surface area contributed by atoms with Crippen LogP contribution in [0.1, 0.15) is 11.5 Å². The lowest BCUT2D eigenvalue weighted by atomic mass is 10.1. The Hall–Kier alpha value is -1.77. The third-order valence-corrected chi connectivity index (χ3v) is 4.37. The van der Waals surface area contributed by atoms with Gasteiger partial charge in [-0.15, -0.1) is 10.2 Å². The maximum absolute atomic E-state index is 11.5. The van der Waals surface area contributed by atoms with Crippen molar-refractivity contribution in [1.82, 2.24) is 19.2 Å². The lowest BCUT2D eigenvalue weighted by molar-refractivity contribution is 0.488. The van der Waals surface area contributed by atoms with Gasteiger partial charge in [0.1, 0.15) is 0 Å². The zero-order valence-corrected chi connectivity index (χ0v) is 13.0. The van der Waals surface area contributed by atoms with Gasteiger partial charge in [0.2, 0.25) is 11.8 Å². The molecule has 0 fully saturated rings. The largest absolute Gasteiger partial charge is 0.421 e. The molecule has 1 aromatic carbocycles. The van der Waals surface area contributed by atoms with E-state index in [2.05, 4.69) is 14.9 Å². The van der Waals surface area contributed by atoms with Gasteiger partial charge in [-0.3, -0.25) is 0 Å². The Kier molecular flexibility index (Phi) is 4.71. The number of rotatable bonds is 6. The van der Waals surface area contributed by atoms with Crippen LogP contribution in [-0.4, -0.2) is 43.6 Å². The van der Waals surface area contributed by atoms with Crippen molar-refractivity contribution in [3.05, 3.63) is 35.7 Å². The smallest absolute Gasteiger partial charge is 0.278 e. The van der Waals surface area contributed by atoms with Crippen LogP contribution in [0.5, 0.6) is 0 Å². The van der Waals surface area contributed by atoms with Gasteiger partial charge in [0.05, 0.1) is 0 Å². The minimum atomic E-state index is -3.43. The van der Waals surface area contributed by atoms with Crippen LogP contribution in [0.2, 0.25) is 0 Å². The van der Waals surface area contributed by atoms with Gasteiger partial charge >= 0.3 is 0 Å². The van der Waals surface area contributed by atoms with E-state index >= 15 is 0 Å². The number of hydrogen-bond donors (Lipinski definition) is 1. The van der Waals surface area contributed by atoms with Crippen LogP contribution in [0, 0.1) is 6.92 Å². The minimum Gasteiger partial charge on any atom is -0.421 e. The molecule has 0 bridgehead atoms. The summed E-state index contributed by atoms with van der Waals surface area (Å²) >= 11 is 0. The Balaban J connectivity index is 1.98. The highest BCUT2D eigenvalue weighted by molar-refractivity contribution is 7.87. The number of hydrogen-bond acceptors (Lipinski definition) is 5. The Morgan fingerprint density at radius 1 is 1.29 bits per heavy atom. The molecule has 0 aliphatic rings. The van der Waals surface area contributed by atoms with Crippen molar-refractivity contribution < 1.29 is 12.8 Å². The summed E-state index contributed by atoms with van der Waals surface area (Å²) < 4.78 is 32.1. The van der Waals surface area contributed by atoms with Crippen LogP contribution in [0.4, 0.5) is 0 Å². The molecule has 0 unspecified atom stereocenters. The first-order valence-corrected chi connectivity index (χ1v) is 7.89. The molecular formula is C13H18N4O3S. The van der Waals surface area contributed by atoms with Crippen molar-refractivity contribution >= 4 is 10.2 Å².